The minimum atomic E-state index is -0.914. The largest absolute Gasteiger partial charge is 0.486 e. The number of benzene rings is 3. The number of amides is 1. The van der Waals surface area contributed by atoms with E-state index >= 15 is 0 Å². The van der Waals surface area contributed by atoms with E-state index in [0.29, 0.717) is 41.5 Å². The molecule has 0 saturated heterocycles. The number of carbonyl (C=O) groups excluding carboxylic acids is 1. The fraction of sp³-hybridized carbons (Fsp3) is 0.136. The number of carbonyl (C=O) groups is 1. The van der Waals surface area contributed by atoms with Gasteiger partial charge in [-0.15, -0.1) is 0 Å². The molecule has 0 aromatic heterocycles. The molecule has 5 nitrogen and oxygen atoms in total. The predicted molar refractivity (Wildman–Crippen MR) is 115 cm³/mol. The predicted octanol–water partition coefficient (Wildman–Crippen LogP) is 4.40. The maximum absolute atomic E-state index is 12.8. The second-order valence-corrected chi connectivity index (χ2v) is 7.61. The lowest BCUT2D eigenvalue weighted by molar-refractivity contribution is 0.102. The van der Waals surface area contributed by atoms with Crippen LogP contribution in [0.25, 0.3) is 0 Å². The van der Waals surface area contributed by atoms with Gasteiger partial charge in [0, 0.05) is 20.8 Å². The second-order valence-electron chi connectivity index (χ2n) is 6.36. The number of aliphatic hydroxyl groups excluding tert-OH is 1. The van der Waals surface area contributed by atoms with Crippen molar-refractivity contribution in [2.45, 2.75) is 6.10 Å². The van der Waals surface area contributed by atoms with E-state index in [4.69, 9.17) is 9.47 Å². The van der Waals surface area contributed by atoms with Crippen molar-refractivity contribution < 1.29 is 19.4 Å². The number of hydrogen-bond acceptors (Lipinski definition) is 4. The lowest BCUT2D eigenvalue weighted by atomic mass is 9.98. The zero-order valence-electron chi connectivity index (χ0n) is 14.9. The van der Waals surface area contributed by atoms with Gasteiger partial charge in [0.15, 0.2) is 11.5 Å². The molecule has 0 bridgehead atoms. The van der Waals surface area contributed by atoms with E-state index in [-0.39, 0.29) is 5.91 Å². The fourth-order valence-corrected chi connectivity index (χ4v) is 3.62. The molecule has 0 unspecified atom stereocenters. The fourth-order valence-electron chi connectivity index (χ4n) is 3.08. The average Bonchev–Trinajstić information content (AvgIpc) is 2.73. The van der Waals surface area contributed by atoms with Crippen molar-refractivity contribution in [1.29, 1.82) is 0 Å². The van der Waals surface area contributed by atoms with Crippen LogP contribution in [0.2, 0.25) is 0 Å². The topological polar surface area (TPSA) is 67.8 Å². The van der Waals surface area contributed by atoms with Crippen molar-refractivity contribution in [2.24, 2.45) is 0 Å². The van der Waals surface area contributed by atoms with E-state index in [1.165, 1.54) is 0 Å². The highest BCUT2D eigenvalue weighted by Gasteiger charge is 2.22. The Morgan fingerprint density at radius 2 is 1.68 bits per heavy atom. The Labute approximate surface area is 176 Å². The molecule has 0 saturated carbocycles. The molecular formula is C22H18INO4. The molecule has 0 radical (unpaired) electrons. The number of rotatable bonds is 4. The van der Waals surface area contributed by atoms with Gasteiger partial charge in [0.1, 0.15) is 19.3 Å². The van der Waals surface area contributed by atoms with Crippen LogP contribution in [0.3, 0.4) is 0 Å². The summed E-state index contributed by atoms with van der Waals surface area (Å²) in [6.07, 6.45) is -0.914. The molecular weight excluding hydrogens is 469 g/mol. The Balaban J connectivity index is 1.73. The van der Waals surface area contributed by atoms with E-state index in [0.717, 1.165) is 9.13 Å². The van der Waals surface area contributed by atoms with E-state index in [1.54, 1.807) is 24.3 Å². The third kappa shape index (κ3) is 3.98. The zero-order chi connectivity index (χ0) is 19.5. The SMILES string of the molecule is O=C(Nc1cc2c(cc1[C@H](O)c1ccccc1)OCCO2)c1cccc(I)c1. The first-order valence-electron chi connectivity index (χ1n) is 8.85. The van der Waals surface area contributed by atoms with Crippen molar-refractivity contribution in [1.82, 2.24) is 0 Å². The van der Waals surface area contributed by atoms with Crippen LogP contribution in [-0.4, -0.2) is 24.2 Å². The van der Waals surface area contributed by atoms with E-state index < -0.39 is 6.10 Å². The minimum Gasteiger partial charge on any atom is -0.486 e. The Morgan fingerprint density at radius 3 is 2.39 bits per heavy atom. The summed E-state index contributed by atoms with van der Waals surface area (Å²) in [4.78, 5) is 12.8. The van der Waals surface area contributed by atoms with Crippen molar-refractivity contribution in [3.63, 3.8) is 0 Å². The van der Waals surface area contributed by atoms with Gasteiger partial charge in [-0.2, -0.15) is 0 Å². The van der Waals surface area contributed by atoms with Crippen LogP contribution in [0.5, 0.6) is 11.5 Å². The summed E-state index contributed by atoms with van der Waals surface area (Å²) in [5.74, 6) is 0.855. The van der Waals surface area contributed by atoms with Crippen LogP contribution in [0, 0.1) is 3.57 Å². The van der Waals surface area contributed by atoms with Gasteiger partial charge in [-0.3, -0.25) is 4.79 Å². The summed E-state index contributed by atoms with van der Waals surface area (Å²) in [6, 6.07) is 20.1. The summed E-state index contributed by atoms with van der Waals surface area (Å²) in [7, 11) is 0. The second kappa shape index (κ2) is 8.20. The van der Waals surface area contributed by atoms with Crippen LogP contribution in [0.15, 0.2) is 66.7 Å². The molecule has 6 heteroatoms. The van der Waals surface area contributed by atoms with Crippen molar-refractivity contribution in [3.8, 4) is 11.5 Å². The number of ether oxygens (including phenoxy) is 2. The molecule has 1 heterocycles. The van der Waals surface area contributed by atoms with E-state index in [2.05, 4.69) is 27.9 Å². The highest BCUT2D eigenvalue weighted by Crippen LogP contribution is 2.39. The number of nitrogens with one attached hydrogen (secondary N) is 1. The van der Waals surface area contributed by atoms with Crippen molar-refractivity contribution in [3.05, 3.63) is 87.0 Å². The van der Waals surface area contributed by atoms with Crippen molar-refractivity contribution in [2.75, 3.05) is 18.5 Å². The Morgan fingerprint density at radius 1 is 0.964 bits per heavy atom. The first kappa shape index (κ1) is 18.8. The maximum atomic E-state index is 12.8. The van der Waals surface area contributed by atoms with Gasteiger partial charge in [-0.1, -0.05) is 36.4 Å². The minimum absolute atomic E-state index is 0.253. The number of fused-ring (bicyclic) bond motifs is 1. The molecule has 0 fully saturated rings. The van der Waals surface area contributed by atoms with Crippen LogP contribution in [-0.2, 0) is 0 Å². The lowest BCUT2D eigenvalue weighted by Crippen LogP contribution is -2.19. The first-order chi connectivity index (χ1) is 13.6. The first-order valence-corrected chi connectivity index (χ1v) is 9.93. The van der Waals surface area contributed by atoms with Gasteiger partial charge in [0.2, 0.25) is 0 Å². The molecule has 3 aromatic carbocycles. The summed E-state index contributed by atoms with van der Waals surface area (Å²) < 4.78 is 12.3. The van der Waals surface area contributed by atoms with Gasteiger partial charge >= 0.3 is 0 Å². The molecule has 0 aliphatic carbocycles. The number of anilines is 1. The monoisotopic (exact) mass is 487 g/mol. The van der Waals surface area contributed by atoms with E-state index in [1.807, 2.05) is 42.5 Å². The number of hydrogen-bond donors (Lipinski definition) is 2. The number of aliphatic hydroxyl groups is 1. The zero-order valence-corrected chi connectivity index (χ0v) is 17.0. The quantitative estimate of drug-likeness (QED) is 0.536. The standard InChI is InChI=1S/C22H18INO4/c23-16-8-4-7-15(11-16)22(26)24-18-13-20-19(27-9-10-28-20)12-17(18)21(25)14-5-2-1-3-6-14/h1-8,11-13,21,25H,9-10H2,(H,24,26)/t21-/m1/s1. The Bertz CT molecular complexity index is 1010. The third-order valence-electron chi connectivity index (χ3n) is 4.46. The molecule has 142 valence electrons. The van der Waals surface area contributed by atoms with E-state index in [9.17, 15) is 9.90 Å². The molecule has 1 atom stereocenters. The van der Waals surface area contributed by atoms with Crippen LogP contribution in [0.4, 0.5) is 5.69 Å². The third-order valence-corrected chi connectivity index (χ3v) is 5.13. The summed E-state index contributed by atoms with van der Waals surface area (Å²) in [5, 5.41) is 13.9. The Kier molecular flexibility index (Phi) is 5.50. The maximum Gasteiger partial charge on any atom is 0.255 e. The highest BCUT2D eigenvalue weighted by atomic mass is 127. The summed E-state index contributed by atoms with van der Waals surface area (Å²) in [5.41, 5.74) is 2.31. The molecule has 28 heavy (non-hydrogen) atoms. The van der Waals surface area contributed by atoms with Crippen LogP contribution < -0.4 is 14.8 Å². The summed E-state index contributed by atoms with van der Waals surface area (Å²) >= 11 is 2.17. The van der Waals surface area contributed by atoms with Gasteiger partial charge in [-0.05, 0) is 52.4 Å². The molecule has 2 N–H and O–H groups in total. The Hall–Kier alpha value is -2.58. The molecule has 1 aliphatic heterocycles. The molecule has 0 spiro atoms. The normalized spacial score (nSPS) is 13.6. The average molecular weight is 487 g/mol. The summed E-state index contributed by atoms with van der Waals surface area (Å²) in [6.45, 7) is 0.889. The number of halogens is 1. The van der Waals surface area contributed by atoms with Crippen LogP contribution in [0.1, 0.15) is 27.6 Å². The lowest BCUT2D eigenvalue weighted by Gasteiger charge is -2.23. The van der Waals surface area contributed by atoms with Crippen molar-refractivity contribution >= 4 is 34.2 Å². The highest BCUT2D eigenvalue weighted by molar-refractivity contribution is 14.1. The van der Waals surface area contributed by atoms with Gasteiger partial charge < -0.3 is 19.9 Å². The smallest absolute Gasteiger partial charge is 0.255 e. The molecule has 1 amide bonds. The van der Waals surface area contributed by atoms with Crippen LogP contribution >= 0.6 is 22.6 Å². The van der Waals surface area contributed by atoms with Gasteiger partial charge in [0.25, 0.3) is 5.91 Å². The van der Waals surface area contributed by atoms with Gasteiger partial charge in [-0.25, -0.2) is 0 Å². The van der Waals surface area contributed by atoms with Gasteiger partial charge in [0.05, 0.1) is 5.69 Å². The molecule has 3 aromatic rings. The molecule has 4 rings (SSSR count). The molecule has 1 aliphatic rings.